The lowest BCUT2D eigenvalue weighted by molar-refractivity contribution is 0.101. The van der Waals surface area contributed by atoms with Gasteiger partial charge in [-0.05, 0) is 35.7 Å². The normalized spacial score (nSPS) is 12.3. The van der Waals surface area contributed by atoms with E-state index >= 15 is 0 Å². The number of amides is 2. The molecular formula is C18H12N2O2. The van der Waals surface area contributed by atoms with Crippen LogP contribution in [0.4, 0.5) is 11.4 Å². The summed E-state index contributed by atoms with van der Waals surface area (Å²) in [7, 11) is 0. The first-order chi connectivity index (χ1) is 10.7. The zero-order valence-corrected chi connectivity index (χ0v) is 11.6. The maximum Gasteiger partial charge on any atom is 0.256 e. The summed E-state index contributed by atoms with van der Waals surface area (Å²) in [6.07, 6.45) is 0. The van der Waals surface area contributed by atoms with Gasteiger partial charge in [0.2, 0.25) is 0 Å². The molecule has 1 heterocycles. The number of hydrogen-bond donors (Lipinski definition) is 2. The molecule has 0 unspecified atom stereocenters. The van der Waals surface area contributed by atoms with Crippen LogP contribution in [0.3, 0.4) is 0 Å². The summed E-state index contributed by atoms with van der Waals surface area (Å²) in [6, 6.07) is 18.2. The van der Waals surface area contributed by atoms with E-state index < -0.39 is 0 Å². The molecule has 0 bridgehead atoms. The van der Waals surface area contributed by atoms with E-state index in [9.17, 15) is 9.59 Å². The second-order valence-electron chi connectivity index (χ2n) is 5.16. The molecule has 0 saturated heterocycles. The van der Waals surface area contributed by atoms with Gasteiger partial charge in [-0.25, -0.2) is 0 Å². The number of carbonyl (C=O) groups excluding carboxylic acids is 2. The standard InChI is InChI=1S/C18H12N2O2/c21-17(19-11-5-2-1-3-6-11)13-9-10-14-16-12(13)7-4-8-15(16)20-18(14)22/h1-10H,(H,19,21)(H,20,22). The first kappa shape index (κ1) is 12.6. The van der Waals surface area contributed by atoms with Gasteiger partial charge < -0.3 is 10.6 Å². The molecule has 3 aromatic carbocycles. The van der Waals surface area contributed by atoms with Gasteiger partial charge in [-0.15, -0.1) is 0 Å². The number of anilines is 2. The first-order valence-electron chi connectivity index (χ1n) is 6.97. The Hall–Kier alpha value is -3.14. The molecular weight excluding hydrogens is 276 g/mol. The second kappa shape index (κ2) is 4.70. The van der Waals surface area contributed by atoms with Gasteiger partial charge in [-0.1, -0.05) is 30.3 Å². The van der Waals surface area contributed by atoms with E-state index in [4.69, 9.17) is 0 Å². The van der Waals surface area contributed by atoms with E-state index in [1.165, 1.54) is 0 Å². The van der Waals surface area contributed by atoms with Crippen LogP contribution in [0.25, 0.3) is 10.8 Å². The van der Waals surface area contributed by atoms with Crippen LogP contribution in [-0.2, 0) is 0 Å². The number of rotatable bonds is 2. The summed E-state index contributed by atoms with van der Waals surface area (Å²) in [4.78, 5) is 24.4. The summed E-state index contributed by atoms with van der Waals surface area (Å²) in [5.41, 5.74) is 2.67. The molecule has 4 heteroatoms. The molecule has 4 nitrogen and oxygen atoms in total. The van der Waals surface area contributed by atoms with Crippen molar-refractivity contribution < 1.29 is 9.59 Å². The Bertz CT molecular complexity index is 917. The van der Waals surface area contributed by atoms with Crippen molar-refractivity contribution in [1.82, 2.24) is 0 Å². The number of para-hydroxylation sites is 1. The average molecular weight is 288 g/mol. The van der Waals surface area contributed by atoms with Crippen molar-refractivity contribution in [3.8, 4) is 0 Å². The van der Waals surface area contributed by atoms with E-state index in [1.54, 1.807) is 12.1 Å². The Labute approximate surface area is 126 Å². The topological polar surface area (TPSA) is 58.2 Å². The molecule has 106 valence electrons. The summed E-state index contributed by atoms with van der Waals surface area (Å²) in [5.74, 6) is -0.310. The minimum absolute atomic E-state index is 0.124. The molecule has 0 atom stereocenters. The Morgan fingerprint density at radius 2 is 1.73 bits per heavy atom. The van der Waals surface area contributed by atoms with Crippen molar-refractivity contribution >= 4 is 34.0 Å². The van der Waals surface area contributed by atoms with Crippen LogP contribution in [0.15, 0.2) is 60.7 Å². The Morgan fingerprint density at radius 1 is 0.909 bits per heavy atom. The van der Waals surface area contributed by atoms with Gasteiger partial charge in [0, 0.05) is 27.9 Å². The predicted molar refractivity (Wildman–Crippen MR) is 86.3 cm³/mol. The molecule has 0 spiro atoms. The smallest absolute Gasteiger partial charge is 0.256 e. The minimum Gasteiger partial charge on any atom is -0.322 e. The van der Waals surface area contributed by atoms with Crippen molar-refractivity contribution in [1.29, 1.82) is 0 Å². The fourth-order valence-electron chi connectivity index (χ4n) is 2.81. The predicted octanol–water partition coefficient (Wildman–Crippen LogP) is 3.66. The van der Waals surface area contributed by atoms with Gasteiger partial charge in [-0.3, -0.25) is 9.59 Å². The maximum absolute atomic E-state index is 12.5. The highest BCUT2D eigenvalue weighted by Crippen LogP contribution is 2.34. The lowest BCUT2D eigenvalue weighted by atomic mass is 9.99. The van der Waals surface area contributed by atoms with E-state index in [1.807, 2.05) is 48.5 Å². The van der Waals surface area contributed by atoms with Gasteiger partial charge in [-0.2, -0.15) is 0 Å². The van der Waals surface area contributed by atoms with Crippen LogP contribution < -0.4 is 10.6 Å². The van der Waals surface area contributed by atoms with Crippen LogP contribution in [-0.4, -0.2) is 11.8 Å². The van der Waals surface area contributed by atoms with Crippen molar-refractivity contribution in [2.24, 2.45) is 0 Å². The second-order valence-corrected chi connectivity index (χ2v) is 5.16. The lowest BCUT2D eigenvalue weighted by Gasteiger charge is -2.08. The molecule has 1 aliphatic heterocycles. The lowest BCUT2D eigenvalue weighted by Crippen LogP contribution is -2.12. The molecule has 3 aromatic rings. The molecule has 0 aliphatic carbocycles. The summed E-state index contributed by atoms with van der Waals surface area (Å²) >= 11 is 0. The monoisotopic (exact) mass is 288 g/mol. The van der Waals surface area contributed by atoms with Crippen molar-refractivity contribution in [2.45, 2.75) is 0 Å². The molecule has 0 radical (unpaired) electrons. The zero-order valence-electron chi connectivity index (χ0n) is 11.6. The highest BCUT2D eigenvalue weighted by Gasteiger charge is 2.23. The van der Waals surface area contributed by atoms with E-state index in [-0.39, 0.29) is 11.8 Å². The molecule has 2 N–H and O–H groups in total. The van der Waals surface area contributed by atoms with Gasteiger partial charge in [0.1, 0.15) is 0 Å². The third kappa shape index (κ3) is 1.85. The third-order valence-corrected chi connectivity index (χ3v) is 3.81. The molecule has 0 saturated carbocycles. The molecule has 1 aliphatic rings. The largest absolute Gasteiger partial charge is 0.322 e. The molecule has 0 aromatic heterocycles. The third-order valence-electron chi connectivity index (χ3n) is 3.81. The highest BCUT2D eigenvalue weighted by atomic mass is 16.2. The Morgan fingerprint density at radius 3 is 2.55 bits per heavy atom. The summed E-state index contributed by atoms with van der Waals surface area (Å²) in [6.45, 7) is 0. The van der Waals surface area contributed by atoms with Crippen molar-refractivity contribution in [3.05, 3.63) is 71.8 Å². The van der Waals surface area contributed by atoms with Crippen LogP contribution in [0.1, 0.15) is 20.7 Å². The Balaban J connectivity index is 1.82. The van der Waals surface area contributed by atoms with E-state index in [0.717, 1.165) is 22.1 Å². The fourth-order valence-corrected chi connectivity index (χ4v) is 2.81. The number of carbonyl (C=O) groups is 2. The van der Waals surface area contributed by atoms with Crippen LogP contribution in [0.2, 0.25) is 0 Å². The fraction of sp³-hybridized carbons (Fsp3) is 0. The molecule has 0 fully saturated rings. The number of benzene rings is 3. The van der Waals surface area contributed by atoms with Gasteiger partial charge in [0.05, 0.1) is 0 Å². The first-order valence-corrected chi connectivity index (χ1v) is 6.97. The molecule has 2 amide bonds. The van der Waals surface area contributed by atoms with Crippen LogP contribution in [0, 0.1) is 0 Å². The van der Waals surface area contributed by atoms with Gasteiger partial charge in [0.25, 0.3) is 11.8 Å². The van der Waals surface area contributed by atoms with E-state index in [0.29, 0.717) is 11.1 Å². The quantitative estimate of drug-likeness (QED) is 0.756. The van der Waals surface area contributed by atoms with Crippen molar-refractivity contribution in [2.75, 3.05) is 10.6 Å². The highest BCUT2D eigenvalue weighted by molar-refractivity contribution is 6.27. The minimum atomic E-state index is -0.186. The molecule has 4 rings (SSSR count). The molecule has 22 heavy (non-hydrogen) atoms. The van der Waals surface area contributed by atoms with E-state index in [2.05, 4.69) is 10.6 Å². The SMILES string of the molecule is O=C(Nc1ccccc1)c1ccc2c3c(cccc13)NC2=O. The zero-order chi connectivity index (χ0) is 15.1. The Kier molecular flexibility index (Phi) is 2.69. The number of nitrogens with one attached hydrogen (secondary N) is 2. The maximum atomic E-state index is 12.5. The van der Waals surface area contributed by atoms with Crippen LogP contribution in [0.5, 0.6) is 0 Å². The summed E-state index contributed by atoms with van der Waals surface area (Å²) < 4.78 is 0. The number of hydrogen-bond acceptors (Lipinski definition) is 2. The van der Waals surface area contributed by atoms with Gasteiger partial charge in [0.15, 0.2) is 0 Å². The average Bonchev–Trinajstić information content (AvgIpc) is 2.87. The van der Waals surface area contributed by atoms with Crippen molar-refractivity contribution in [3.63, 3.8) is 0 Å². The summed E-state index contributed by atoms with van der Waals surface area (Å²) in [5, 5.41) is 7.29. The van der Waals surface area contributed by atoms with Crippen LogP contribution >= 0.6 is 0 Å². The van der Waals surface area contributed by atoms with Gasteiger partial charge >= 0.3 is 0 Å².